The zero-order valence-electron chi connectivity index (χ0n) is 20.4. The standard InChI is InChI=1S/C27H35N3O3/c1-6-9-12-20(7-2)26(31)29(5)19(4)25-28-24-14-11-10-13-23(24)27(32)30(25)21-15-17-22(18-16-21)33-8-3/h10-11,13-20H,6-9,12H2,1-5H3. The molecule has 3 aromatic rings. The van der Waals surface area contributed by atoms with E-state index in [0.717, 1.165) is 31.4 Å². The van der Waals surface area contributed by atoms with Crippen molar-refractivity contribution in [3.63, 3.8) is 0 Å². The molecule has 33 heavy (non-hydrogen) atoms. The second-order valence-electron chi connectivity index (χ2n) is 8.43. The van der Waals surface area contributed by atoms with Crippen molar-refractivity contribution in [2.45, 2.75) is 59.4 Å². The van der Waals surface area contributed by atoms with E-state index in [4.69, 9.17) is 9.72 Å². The van der Waals surface area contributed by atoms with Gasteiger partial charge >= 0.3 is 0 Å². The molecule has 3 rings (SSSR count). The maximum absolute atomic E-state index is 13.6. The third-order valence-corrected chi connectivity index (χ3v) is 6.26. The molecule has 2 unspecified atom stereocenters. The van der Waals surface area contributed by atoms with Crippen LogP contribution < -0.4 is 10.3 Å². The Morgan fingerprint density at radius 3 is 2.42 bits per heavy atom. The molecular weight excluding hydrogens is 414 g/mol. The Morgan fingerprint density at radius 1 is 1.09 bits per heavy atom. The first-order chi connectivity index (χ1) is 15.9. The van der Waals surface area contributed by atoms with Crippen LogP contribution in [0.25, 0.3) is 16.6 Å². The molecule has 0 spiro atoms. The van der Waals surface area contributed by atoms with Crippen molar-refractivity contribution < 1.29 is 9.53 Å². The number of hydrogen-bond donors (Lipinski definition) is 0. The number of fused-ring (bicyclic) bond motifs is 1. The Morgan fingerprint density at radius 2 is 1.79 bits per heavy atom. The zero-order chi connectivity index (χ0) is 24.0. The minimum absolute atomic E-state index is 0.0245. The number of aromatic nitrogens is 2. The summed E-state index contributed by atoms with van der Waals surface area (Å²) in [6.07, 6.45) is 3.76. The van der Waals surface area contributed by atoms with Crippen LogP contribution in [0.3, 0.4) is 0 Å². The number of ether oxygens (including phenoxy) is 1. The lowest BCUT2D eigenvalue weighted by atomic mass is 9.97. The summed E-state index contributed by atoms with van der Waals surface area (Å²) in [5.74, 6) is 1.36. The first kappa shape index (κ1) is 24.5. The van der Waals surface area contributed by atoms with Crippen molar-refractivity contribution >= 4 is 16.8 Å². The molecule has 6 heteroatoms. The minimum Gasteiger partial charge on any atom is -0.494 e. The lowest BCUT2D eigenvalue weighted by molar-refractivity contribution is -0.136. The summed E-state index contributed by atoms with van der Waals surface area (Å²) >= 11 is 0. The van der Waals surface area contributed by atoms with Gasteiger partial charge in [0.25, 0.3) is 5.56 Å². The molecule has 176 valence electrons. The van der Waals surface area contributed by atoms with Gasteiger partial charge in [-0.25, -0.2) is 4.98 Å². The van der Waals surface area contributed by atoms with E-state index in [2.05, 4.69) is 13.8 Å². The molecule has 0 saturated heterocycles. The van der Waals surface area contributed by atoms with E-state index in [9.17, 15) is 9.59 Å². The number of para-hydroxylation sites is 1. The van der Waals surface area contributed by atoms with Crippen LogP contribution in [0.2, 0.25) is 0 Å². The van der Waals surface area contributed by atoms with Crippen molar-refractivity contribution in [3.8, 4) is 11.4 Å². The molecular formula is C27H35N3O3. The van der Waals surface area contributed by atoms with Crippen LogP contribution in [0.4, 0.5) is 0 Å². The molecule has 0 radical (unpaired) electrons. The summed E-state index contributed by atoms with van der Waals surface area (Å²) < 4.78 is 7.18. The normalized spacial score (nSPS) is 13.0. The fraction of sp³-hybridized carbons (Fsp3) is 0.444. The summed E-state index contributed by atoms with van der Waals surface area (Å²) in [6, 6.07) is 14.4. The average Bonchev–Trinajstić information content (AvgIpc) is 2.84. The second-order valence-corrected chi connectivity index (χ2v) is 8.43. The van der Waals surface area contributed by atoms with E-state index in [1.165, 1.54) is 0 Å². The molecule has 1 amide bonds. The van der Waals surface area contributed by atoms with Crippen LogP contribution in [-0.4, -0.2) is 34.0 Å². The van der Waals surface area contributed by atoms with E-state index in [1.807, 2.05) is 63.4 Å². The Hall–Kier alpha value is -3.15. The highest BCUT2D eigenvalue weighted by Gasteiger charge is 2.27. The van der Waals surface area contributed by atoms with Crippen molar-refractivity contribution in [2.24, 2.45) is 5.92 Å². The minimum atomic E-state index is -0.378. The molecule has 1 aromatic heterocycles. The Labute approximate surface area is 196 Å². The molecule has 0 aliphatic heterocycles. The smallest absolute Gasteiger partial charge is 0.266 e. The molecule has 0 fully saturated rings. The SMILES string of the molecule is CCCCC(CC)C(=O)N(C)C(C)c1nc2ccccc2c(=O)n1-c1ccc(OCC)cc1. The van der Waals surface area contributed by atoms with Gasteiger partial charge in [-0.2, -0.15) is 0 Å². The van der Waals surface area contributed by atoms with Gasteiger partial charge in [-0.1, -0.05) is 38.8 Å². The molecule has 0 aliphatic carbocycles. The van der Waals surface area contributed by atoms with Gasteiger partial charge in [0.1, 0.15) is 11.6 Å². The number of carbonyl (C=O) groups is 1. The van der Waals surface area contributed by atoms with E-state index in [0.29, 0.717) is 29.0 Å². The first-order valence-corrected chi connectivity index (χ1v) is 11.9. The largest absolute Gasteiger partial charge is 0.494 e. The maximum atomic E-state index is 13.6. The highest BCUT2D eigenvalue weighted by Crippen LogP contribution is 2.26. The van der Waals surface area contributed by atoms with Crippen LogP contribution in [0.15, 0.2) is 53.3 Å². The molecule has 0 N–H and O–H groups in total. The van der Waals surface area contributed by atoms with Crippen molar-refractivity contribution in [3.05, 3.63) is 64.7 Å². The quantitative estimate of drug-likeness (QED) is 0.409. The predicted molar refractivity (Wildman–Crippen MR) is 133 cm³/mol. The predicted octanol–water partition coefficient (Wildman–Crippen LogP) is 5.52. The van der Waals surface area contributed by atoms with Crippen LogP contribution in [-0.2, 0) is 4.79 Å². The Kier molecular flexibility index (Phi) is 8.26. The number of carbonyl (C=O) groups excluding carboxylic acids is 1. The van der Waals surface area contributed by atoms with Gasteiger partial charge in [-0.3, -0.25) is 14.2 Å². The molecule has 2 aromatic carbocycles. The number of hydrogen-bond acceptors (Lipinski definition) is 4. The number of unbranched alkanes of at least 4 members (excludes halogenated alkanes) is 1. The topological polar surface area (TPSA) is 64.4 Å². The van der Waals surface area contributed by atoms with Crippen LogP contribution in [0.1, 0.15) is 65.2 Å². The molecule has 2 atom stereocenters. The summed E-state index contributed by atoms with van der Waals surface area (Å²) in [4.78, 5) is 33.5. The molecule has 0 aliphatic rings. The van der Waals surface area contributed by atoms with Crippen LogP contribution in [0.5, 0.6) is 5.75 Å². The number of amides is 1. The van der Waals surface area contributed by atoms with Crippen molar-refractivity contribution in [2.75, 3.05) is 13.7 Å². The van der Waals surface area contributed by atoms with E-state index >= 15 is 0 Å². The van der Waals surface area contributed by atoms with Gasteiger partial charge < -0.3 is 9.64 Å². The Bertz CT molecular complexity index is 1140. The van der Waals surface area contributed by atoms with Gasteiger partial charge in [0.05, 0.1) is 29.2 Å². The zero-order valence-corrected chi connectivity index (χ0v) is 20.4. The van der Waals surface area contributed by atoms with Gasteiger partial charge in [0.2, 0.25) is 5.91 Å². The van der Waals surface area contributed by atoms with Crippen LogP contribution in [0, 0.1) is 5.92 Å². The Balaban J connectivity index is 2.09. The number of rotatable bonds is 10. The lowest BCUT2D eigenvalue weighted by Crippen LogP contribution is -2.38. The van der Waals surface area contributed by atoms with Gasteiger partial charge in [0.15, 0.2) is 0 Å². The monoisotopic (exact) mass is 449 g/mol. The van der Waals surface area contributed by atoms with Crippen molar-refractivity contribution in [1.29, 1.82) is 0 Å². The molecule has 6 nitrogen and oxygen atoms in total. The molecule has 0 saturated carbocycles. The fourth-order valence-electron chi connectivity index (χ4n) is 4.14. The van der Waals surface area contributed by atoms with Gasteiger partial charge in [-0.05, 0) is 63.1 Å². The molecule has 1 heterocycles. The third-order valence-electron chi connectivity index (χ3n) is 6.26. The highest BCUT2D eigenvalue weighted by atomic mass is 16.5. The lowest BCUT2D eigenvalue weighted by Gasteiger charge is -2.30. The van der Waals surface area contributed by atoms with Gasteiger partial charge in [-0.15, -0.1) is 0 Å². The average molecular weight is 450 g/mol. The van der Waals surface area contributed by atoms with E-state index in [-0.39, 0.29) is 23.4 Å². The summed E-state index contributed by atoms with van der Waals surface area (Å²) in [5.41, 5.74) is 1.18. The van der Waals surface area contributed by atoms with Gasteiger partial charge in [0, 0.05) is 13.0 Å². The summed E-state index contributed by atoms with van der Waals surface area (Å²) in [7, 11) is 1.81. The highest BCUT2D eigenvalue weighted by molar-refractivity contribution is 5.80. The second kappa shape index (κ2) is 11.1. The summed E-state index contributed by atoms with van der Waals surface area (Å²) in [5, 5.41) is 0.547. The summed E-state index contributed by atoms with van der Waals surface area (Å²) in [6.45, 7) is 8.63. The number of benzene rings is 2. The first-order valence-electron chi connectivity index (χ1n) is 11.9. The van der Waals surface area contributed by atoms with E-state index in [1.54, 1.807) is 15.5 Å². The maximum Gasteiger partial charge on any atom is 0.266 e. The molecule has 0 bridgehead atoms. The van der Waals surface area contributed by atoms with E-state index < -0.39 is 0 Å². The fourth-order valence-corrected chi connectivity index (χ4v) is 4.14. The third kappa shape index (κ3) is 5.27. The van der Waals surface area contributed by atoms with Crippen molar-refractivity contribution in [1.82, 2.24) is 14.5 Å². The van der Waals surface area contributed by atoms with Crippen LogP contribution >= 0.6 is 0 Å². The number of nitrogens with zero attached hydrogens (tertiary/aromatic N) is 3.